The summed E-state index contributed by atoms with van der Waals surface area (Å²) < 4.78 is 26.6. The Balaban J connectivity index is 2.76. The molecule has 0 unspecified atom stereocenters. The summed E-state index contributed by atoms with van der Waals surface area (Å²) in [6.07, 6.45) is 2.98. The quantitative estimate of drug-likeness (QED) is 0.744. The summed E-state index contributed by atoms with van der Waals surface area (Å²) in [5, 5.41) is 0. The molecule has 0 amide bonds. The van der Waals surface area contributed by atoms with E-state index in [-0.39, 0.29) is 0 Å². The number of hydrogen-bond acceptors (Lipinski definition) is 3. The third-order valence-electron chi connectivity index (χ3n) is 2.92. The zero-order valence-corrected chi connectivity index (χ0v) is 11.9. The van der Waals surface area contributed by atoms with E-state index < -0.39 is 10.0 Å². The smallest absolute Gasteiger partial charge is 0.240 e. The summed E-state index contributed by atoms with van der Waals surface area (Å²) >= 11 is 0. The van der Waals surface area contributed by atoms with Gasteiger partial charge in [-0.15, -0.1) is 0 Å². The van der Waals surface area contributed by atoms with E-state index in [9.17, 15) is 8.42 Å². The van der Waals surface area contributed by atoms with Gasteiger partial charge in [0.15, 0.2) is 0 Å². The van der Waals surface area contributed by atoms with Crippen LogP contribution < -0.4 is 10.5 Å². The maximum atomic E-state index is 12.0. The molecule has 0 heterocycles. The van der Waals surface area contributed by atoms with Gasteiger partial charge in [0, 0.05) is 13.1 Å². The van der Waals surface area contributed by atoms with Gasteiger partial charge in [-0.2, -0.15) is 0 Å². The highest BCUT2D eigenvalue weighted by Gasteiger charge is 2.13. The lowest BCUT2D eigenvalue weighted by molar-refractivity contribution is 0.576. The average Bonchev–Trinajstić information content (AvgIpc) is 2.34. The van der Waals surface area contributed by atoms with E-state index in [1.807, 2.05) is 6.92 Å². The molecule has 0 spiro atoms. The fraction of sp³-hybridized carbons (Fsp3) is 0.538. The molecule has 5 heteroatoms. The summed E-state index contributed by atoms with van der Waals surface area (Å²) in [7, 11) is -3.38. The van der Waals surface area contributed by atoms with Crippen molar-refractivity contribution in [2.75, 3.05) is 6.54 Å². The zero-order chi connectivity index (χ0) is 13.6. The molecule has 0 atom stereocenters. The standard InChI is InChI=1S/C13H22N2O2S/c1-3-4-5-8-15-18(16,17)13-7-6-12(10-14)11(2)9-13/h6-7,9,15H,3-5,8,10,14H2,1-2H3. The lowest BCUT2D eigenvalue weighted by atomic mass is 10.1. The first-order valence-corrected chi connectivity index (χ1v) is 7.79. The molecule has 0 radical (unpaired) electrons. The van der Waals surface area contributed by atoms with Crippen LogP contribution in [0.1, 0.15) is 37.3 Å². The second-order valence-corrected chi connectivity index (χ2v) is 6.16. The molecule has 0 saturated heterocycles. The van der Waals surface area contributed by atoms with Crippen LogP contribution in [0.5, 0.6) is 0 Å². The largest absolute Gasteiger partial charge is 0.326 e. The molecule has 0 saturated carbocycles. The van der Waals surface area contributed by atoms with Gasteiger partial charge in [0.05, 0.1) is 4.90 Å². The van der Waals surface area contributed by atoms with Crippen LogP contribution in [0.4, 0.5) is 0 Å². The fourth-order valence-corrected chi connectivity index (χ4v) is 2.89. The van der Waals surface area contributed by atoms with Gasteiger partial charge in [-0.05, 0) is 36.6 Å². The first-order valence-electron chi connectivity index (χ1n) is 6.30. The highest BCUT2D eigenvalue weighted by atomic mass is 32.2. The average molecular weight is 270 g/mol. The number of hydrogen-bond donors (Lipinski definition) is 2. The topological polar surface area (TPSA) is 72.2 Å². The second kappa shape index (κ2) is 6.87. The van der Waals surface area contributed by atoms with Crippen molar-refractivity contribution in [2.24, 2.45) is 5.73 Å². The summed E-state index contributed by atoms with van der Waals surface area (Å²) in [6, 6.07) is 5.05. The Morgan fingerprint density at radius 1 is 1.28 bits per heavy atom. The maximum absolute atomic E-state index is 12.0. The van der Waals surface area contributed by atoms with Gasteiger partial charge in [0.25, 0.3) is 0 Å². The molecule has 0 aliphatic rings. The zero-order valence-electron chi connectivity index (χ0n) is 11.1. The predicted molar refractivity (Wildman–Crippen MR) is 73.8 cm³/mol. The van der Waals surface area contributed by atoms with Gasteiger partial charge in [-0.3, -0.25) is 0 Å². The van der Waals surface area contributed by atoms with Gasteiger partial charge < -0.3 is 5.73 Å². The number of nitrogens with two attached hydrogens (primary N) is 1. The number of nitrogens with one attached hydrogen (secondary N) is 1. The van der Waals surface area contributed by atoms with Crippen molar-refractivity contribution in [3.63, 3.8) is 0 Å². The molecule has 102 valence electrons. The molecular weight excluding hydrogens is 248 g/mol. The Hall–Kier alpha value is -0.910. The van der Waals surface area contributed by atoms with Crippen molar-refractivity contribution >= 4 is 10.0 Å². The van der Waals surface area contributed by atoms with Gasteiger partial charge in [0.1, 0.15) is 0 Å². The number of rotatable bonds is 7. The minimum absolute atomic E-state index is 0.314. The van der Waals surface area contributed by atoms with Crippen molar-refractivity contribution < 1.29 is 8.42 Å². The van der Waals surface area contributed by atoms with Crippen LogP contribution >= 0.6 is 0 Å². The molecule has 1 aromatic carbocycles. The van der Waals surface area contributed by atoms with Gasteiger partial charge >= 0.3 is 0 Å². The molecule has 1 rings (SSSR count). The van der Waals surface area contributed by atoms with E-state index in [0.717, 1.165) is 30.4 Å². The Kier molecular flexibility index (Phi) is 5.78. The highest BCUT2D eigenvalue weighted by Crippen LogP contribution is 2.15. The molecule has 0 aliphatic heterocycles. The Morgan fingerprint density at radius 3 is 2.56 bits per heavy atom. The lowest BCUT2D eigenvalue weighted by Crippen LogP contribution is -2.25. The van der Waals surface area contributed by atoms with E-state index >= 15 is 0 Å². The van der Waals surface area contributed by atoms with E-state index in [1.54, 1.807) is 18.2 Å². The van der Waals surface area contributed by atoms with Crippen LogP contribution in [-0.2, 0) is 16.6 Å². The van der Waals surface area contributed by atoms with Crippen molar-refractivity contribution in [3.8, 4) is 0 Å². The molecule has 0 bridgehead atoms. The van der Waals surface area contributed by atoms with Crippen molar-refractivity contribution in [1.29, 1.82) is 0 Å². The second-order valence-electron chi connectivity index (χ2n) is 4.40. The van der Waals surface area contributed by atoms with Crippen molar-refractivity contribution in [1.82, 2.24) is 4.72 Å². The minimum Gasteiger partial charge on any atom is -0.326 e. The first-order chi connectivity index (χ1) is 8.51. The number of benzene rings is 1. The summed E-state index contributed by atoms with van der Waals surface area (Å²) in [5.74, 6) is 0. The van der Waals surface area contributed by atoms with Crippen LogP contribution in [0.2, 0.25) is 0 Å². The van der Waals surface area contributed by atoms with E-state index in [0.29, 0.717) is 18.0 Å². The highest BCUT2D eigenvalue weighted by molar-refractivity contribution is 7.89. The third kappa shape index (κ3) is 4.08. The van der Waals surface area contributed by atoms with Gasteiger partial charge in [-0.1, -0.05) is 25.8 Å². The minimum atomic E-state index is -3.38. The fourth-order valence-electron chi connectivity index (χ4n) is 1.73. The molecule has 1 aromatic rings. The Labute approximate surface area is 110 Å². The molecule has 18 heavy (non-hydrogen) atoms. The first kappa shape index (κ1) is 15.1. The molecule has 3 N–H and O–H groups in total. The van der Waals surface area contributed by atoms with E-state index in [1.165, 1.54) is 0 Å². The van der Waals surface area contributed by atoms with Crippen molar-refractivity contribution in [2.45, 2.75) is 44.6 Å². The normalized spacial score (nSPS) is 11.7. The molecule has 0 fully saturated rings. The Morgan fingerprint density at radius 2 is 2.00 bits per heavy atom. The lowest BCUT2D eigenvalue weighted by Gasteiger charge is -2.09. The van der Waals surface area contributed by atoms with Crippen LogP contribution in [0.15, 0.2) is 23.1 Å². The van der Waals surface area contributed by atoms with Crippen LogP contribution in [0.3, 0.4) is 0 Å². The summed E-state index contributed by atoms with van der Waals surface area (Å²) in [5.41, 5.74) is 7.44. The van der Waals surface area contributed by atoms with E-state index in [4.69, 9.17) is 5.73 Å². The predicted octanol–water partition coefficient (Wildman–Crippen LogP) is 1.92. The number of unbranched alkanes of at least 4 members (excludes halogenated alkanes) is 2. The van der Waals surface area contributed by atoms with Gasteiger partial charge in [-0.25, -0.2) is 13.1 Å². The number of aryl methyl sites for hydroxylation is 1. The third-order valence-corrected chi connectivity index (χ3v) is 4.38. The maximum Gasteiger partial charge on any atom is 0.240 e. The van der Waals surface area contributed by atoms with Crippen LogP contribution in [-0.4, -0.2) is 15.0 Å². The molecule has 0 aliphatic carbocycles. The van der Waals surface area contributed by atoms with Gasteiger partial charge in [0.2, 0.25) is 10.0 Å². The van der Waals surface area contributed by atoms with Crippen molar-refractivity contribution in [3.05, 3.63) is 29.3 Å². The molecule has 0 aromatic heterocycles. The summed E-state index contributed by atoms with van der Waals surface area (Å²) in [6.45, 7) is 4.88. The van der Waals surface area contributed by atoms with Crippen LogP contribution in [0.25, 0.3) is 0 Å². The molecular formula is C13H22N2O2S. The monoisotopic (exact) mass is 270 g/mol. The van der Waals surface area contributed by atoms with Crippen LogP contribution in [0, 0.1) is 6.92 Å². The number of sulfonamides is 1. The summed E-state index contributed by atoms with van der Waals surface area (Å²) in [4.78, 5) is 0.314. The molecule has 4 nitrogen and oxygen atoms in total. The SMILES string of the molecule is CCCCCNS(=O)(=O)c1ccc(CN)c(C)c1. The van der Waals surface area contributed by atoms with E-state index in [2.05, 4.69) is 11.6 Å². The Bertz CT molecular complexity index is 484.